The largest absolute Gasteiger partial charge is 0.494 e. The van der Waals surface area contributed by atoms with Gasteiger partial charge in [0.25, 0.3) is 5.91 Å². The maximum Gasteiger partial charge on any atom is 0.251 e. The van der Waals surface area contributed by atoms with Gasteiger partial charge in [-0.1, -0.05) is 0 Å². The first-order valence-electron chi connectivity index (χ1n) is 4.93. The summed E-state index contributed by atoms with van der Waals surface area (Å²) < 4.78 is 18.1. The first kappa shape index (κ1) is 15.7. The lowest BCUT2D eigenvalue weighted by Gasteiger charge is -2.11. The van der Waals surface area contributed by atoms with Gasteiger partial charge in [0.1, 0.15) is 0 Å². The molecule has 0 aliphatic rings. The SMILES string of the molecule is COc1ccc(C(=O)N[C@H](C)CN)cc1F.Cl. The van der Waals surface area contributed by atoms with Gasteiger partial charge >= 0.3 is 0 Å². The van der Waals surface area contributed by atoms with E-state index in [1.54, 1.807) is 6.92 Å². The minimum atomic E-state index is -0.560. The second kappa shape index (κ2) is 7.09. The molecule has 0 heterocycles. The summed E-state index contributed by atoms with van der Waals surface area (Å²) in [5.74, 6) is -0.793. The molecule has 0 aliphatic heterocycles. The van der Waals surface area contributed by atoms with Gasteiger partial charge in [0.15, 0.2) is 11.6 Å². The molecular formula is C11H16ClFN2O2. The number of halogens is 2. The van der Waals surface area contributed by atoms with E-state index in [0.29, 0.717) is 6.54 Å². The molecule has 1 aromatic carbocycles. The molecular weight excluding hydrogens is 247 g/mol. The number of ether oxygens (including phenoxy) is 1. The number of nitrogens with two attached hydrogens (primary N) is 1. The average molecular weight is 263 g/mol. The number of hydrogen-bond donors (Lipinski definition) is 2. The van der Waals surface area contributed by atoms with E-state index in [2.05, 4.69) is 5.32 Å². The van der Waals surface area contributed by atoms with Gasteiger partial charge in [-0.05, 0) is 25.1 Å². The van der Waals surface area contributed by atoms with Crippen molar-refractivity contribution >= 4 is 18.3 Å². The molecule has 0 saturated carbocycles. The molecule has 1 amide bonds. The van der Waals surface area contributed by atoms with Crippen LogP contribution in [0.2, 0.25) is 0 Å². The van der Waals surface area contributed by atoms with Crippen LogP contribution < -0.4 is 15.8 Å². The number of carbonyl (C=O) groups is 1. The topological polar surface area (TPSA) is 64.3 Å². The molecule has 1 atom stereocenters. The Bertz CT molecular complexity index is 388. The van der Waals surface area contributed by atoms with Crippen molar-refractivity contribution in [2.45, 2.75) is 13.0 Å². The minimum Gasteiger partial charge on any atom is -0.494 e. The number of methoxy groups -OCH3 is 1. The zero-order valence-electron chi connectivity index (χ0n) is 9.70. The van der Waals surface area contributed by atoms with Gasteiger partial charge in [0, 0.05) is 18.2 Å². The van der Waals surface area contributed by atoms with E-state index in [1.165, 1.54) is 19.2 Å². The van der Waals surface area contributed by atoms with E-state index in [4.69, 9.17) is 10.5 Å². The van der Waals surface area contributed by atoms with Crippen LogP contribution in [0.1, 0.15) is 17.3 Å². The minimum absolute atomic E-state index is 0. The summed E-state index contributed by atoms with van der Waals surface area (Å²) in [6.45, 7) is 2.11. The van der Waals surface area contributed by atoms with Crippen LogP contribution in [0.4, 0.5) is 4.39 Å². The summed E-state index contributed by atoms with van der Waals surface area (Å²) in [6.07, 6.45) is 0. The van der Waals surface area contributed by atoms with Crippen LogP contribution in [0.5, 0.6) is 5.75 Å². The molecule has 0 bridgehead atoms. The third-order valence-electron chi connectivity index (χ3n) is 2.15. The molecule has 17 heavy (non-hydrogen) atoms. The van der Waals surface area contributed by atoms with Gasteiger partial charge in [0.05, 0.1) is 7.11 Å². The molecule has 0 radical (unpaired) electrons. The molecule has 1 rings (SSSR count). The van der Waals surface area contributed by atoms with Crippen LogP contribution in [-0.4, -0.2) is 25.6 Å². The third kappa shape index (κ3) is 4.20. The summed E-state index contributed by atoms with van der Waals surface area (Å²) in [5.41, 5.74) is 5.61. The van der Waals surface area contributed by atoms with Crippen molar-refractivity contribution < 1.29 is 13.9 Å². The predicted molar refractivity (Wildman–Crippen MR) is 66.2 cm³/mol. The second-order valence-electron chi connectivity index (χ2n) is 3.46. The molecule has 1 aromatic rings. The Morgan fingerprint density at radius 2 is 2.24 bits per heavy atom. The first-order valence-corrected chi connectivity index (χ1v) is 4.93. The van der Waals surface area contributed by atoms with Crippen LogP contribution in [0.25, 0.3) is 0 Å². The molecule has 0 aliphatic carbocycles. The van der Waals surface area contributed by atoms with Crippen molar-refractivity contribution in [1.29, 1.82) is 0 Å². The van der Waals surface area contributed by atoms with E-state index >= 15 is 0 Å². The van der Waals surface area contributed by atoms with Crippen molar-refractivity contribution in [1.82, 2.24) is 5.32 Å². The van der Waals surface area contributed by atoms with E-state index in [1.807, 2.05) is 0 Å². The Hall–Kier alpha value is -1.33. The molecule has 6 heteroatoms. The fourth-order valence-corrected chi connectivity index (χ4v) is 1.17. The fraction of sp³-hybridized carbons (Fsp3) is 0.364. The predicted octanol–water partition coefficient (Wildman–Crippen LogP) is 1.33. The Labute approximate surface area is 106 Å². The molecule has 0 unspecified atom stereocenters. The Balaban J connectivity index is 0.00000256. The average Bonchev–Trinajstić information content (AvgIpc) is 2.28. The van der Waals surface area contributed by atoms with Crippen LogP contribution in [0, 0.1) is 5.82 Å². The maximum atomic E-state index is 13.3. The zero-order valence-corrected chi connectivity index (χ0v) is 10.5. The highest BCUT2D eigenvalue weighted by atomic mass is 35.5. The monoisotopic (exact) mass is 262 g/mol. The lowest BCUT2D eigenvalue weighted by Crippen LogP contribution is -2.37. The Morgan fingerprint density at radius 3 is 2.71 bits per heavy atom. The first-order chi connectivity index (χ1) is 7.58. The molecule has 96 valence electrons. The van der Waals surface area contributed by atoms with Gasteiger partial charge in [-0.25, -0.2) is 4.39 Å². The number of amides is 1. The molecule has 4 nitrogen and oxygen atoms in total. The number of benzene rings is 1. The lowest BCUT2D eigenvalue weighted by atomic mass is 10.2. The number of rotatable bonds is 4. The van der Waals surface area contributed by atoms with Gasteiger partial charge < -0.3 is 15.8 Å². The summed E-state index contributed by atoms with van der Waals surface area (Å²) in [5, 5.41) is 2.64. The highest BCUT2D eigenvalue weighted by Crippen LogP contribution is 2.17. The van der Waals surface area contributed by atoms with Crippen molar-refractivity contribution in [2.24, 2.45) is 5.73 Å². The molecule has 0 aromatic heterocycles. The van der Waals surface area contributed by atoms with Gasteiger partial charge in [-0.3, -0.25) is 4.79 Å². The van der Waals surface area contributed by atoms with Crippen LogP contribution in [0.15, 0.2) is 18.2 Å². The second-order valence-corrected chi connectivity index (χ2v) is 3.46. The van der Waals surface area contributed by atoms with Crippen LogP contribution in [0.3, 0.4) is 0 Å². The van der Waals surface area contributed by atoms with E-state index in [-0.39, 0.29) is 35.7 Å². The summed E-state index contributed by atoms with van der Waals surface area (Å²) in [4.78, 5) is 11.6. The highest BCUT2D eigenvalue weighted by molar-refractivity contribution is 5.94. The van der Waals surface area contributed by atoms with Gasteiger partial charge in [0.2, 0.25) is 0 Å². The Kier molecular flexibility index (Phi) is 6.53. The lowest BCUT2D eigenvalue weighted by molar-refractivity contribution is 0.0940. The third-order valence-corrected chi connectivity index (χ3v) is 2.15. The standard InChI is InChI=1S/C11H15FN2O2.ClH/c1-7(6-13)14-11(15)8-3-4-10(16-2)9(12)5-8;/h3-5,7H,6,13H2,1-2H3,(H,14,15);1H/t7-;/m1./s1. The van der Waals surface area contributed by atoms with E-state index < -0.39 is 5.82 Å². The Morgan fingerprint density at radius 1 is 1.59 bits per heavy atom. The van der Waals surface area contributed by atoms with E-state index in [9.17, 15) is 9.18 Å². The maximum absolute atomic E-state index is 13.3. The van der Waals surface area contributed by atoms with Gasteiger partial charge in [-0.2, -0.15) is 0 Å². The number of carbonyl (C=O) groups excluding carboxylic acids is 1. The molecule has 0 fully saturated rings. The van der Waals surface area contributed by atoms with Crippen molar-refractivity contribution in [3.8, 4) is 5.75 Å². The molecule has 0 spiro atoms. The van der Waals surface area contributed by atoms with Crippen molar-refractivity contribution in [3.63, 3.8) is 0 Å². The number of nitrogens with one attached hydrogen (secondary N) is 1. The fourth-order valence-electron chi connectivity index (χ4n) is 1.17. The smallest absolute Gasteiger partial charge is 0.251 e. The van der Waals surface area contributed by atoms with E-state index in [0.717, 1.165) is 6.07 Å². The summed E-state index contributed by atoms with van der Waals surface area (Å²) >= 11 is 0. The van der Waals surface area contributed by atoms with Crippen LogP contribution >= 0.6 is 12.4 Å². The normalized spacial score (nSPS) is 11.3. The van der Waals surface area contributed by atoms with Gasteiger partial charge in [-0.15, -0.1) is 12.4 Å². The summed E-state index contributed by atoms with van der Waals surface area (Å²) in [6, 6.07) is 3.91. The van der Waals surface area contributed by atoms with Crippen molar-refractivity contribution in [2.75, 3.05) is 13.7 Å². The highest BCUT2D eigenvalue weighted by Gasteiger charge is 2.11. The molecule has 3 N–H and O–H groups in total. The zero-order chi connectivity index (χ0) is 12.1. The van der Waals surface area contributed by atoms with Crippen molar-refractivity contribution in [3.05, 3.63) is 29.6 Å². The quantitative estimate of drug-likeness (QED) is 0.861. The van der Waals surface area contributed by atoms with Crippen LogP contribution in [-0.2, 0) is 0 Å². The molecule has 0 saturated heterocycles. The summed E-state index contributed by atoms with van der Waals surface area (Å²) in [7, 11) is 1.37. The number of hydrogen-bond acceptors (Lipinski definition) is 3.